The van der Waals surface area contributed by atoms with E-state index in [2.05, 4.69) is 15.3 Å². The predicted molar refractivity (Wildman–Crippen MR) is 85.5 cm³/mol. The van der Waals surface area contributed by atoms with E-state index >= 15 is 0 Å². The molecule has 0 radical (unpaired) electrons. The Morgan fingerprint density at radius 3 is 2.74 bits per heavy atom. The van der Waals surface area contributed by atoms with Crippen LogP contribution in [-0.4, -0.2) is 23.0 Å². The largest absolute Gasteiger partial charge is 0.465 e. The Morgan fingerprint density at radius 2 is 2.00 bits per heavy atom. The van der Waals surface area contributed by atoms with E-state index in [-0.39, 0.29) is 0 Å². The molecule has 3 rings (SSSR count). The van der Waals surface area contributed by atoms with Gasteiger partial charge in [-0.05, 0) is 36.8 Å². The lowest BCUT2D eigenvalue weighted by Crippen LogP contribution is -2.03. The summed E-state index contributed by atoms with van der Waals surface area (Å²) in [6, 6.07) is 9.28. The van der Waals surface area contributed by atoms with Crippen LogP contribution < -0.4 is 5.32 Å². The highest BCUT2D eigenvalue weighted by Crippen LogP contribution is 2.26. The number of nitrogens with one attached hydrogen (secondary N) is 1. The first kappa shape index (κ1) is 14.8. The van der Waals surface area contributed by atoms with Gasteiger partial charge in [0.1, 0.15) is 0 Å². The first-order chi connectivity index (χ1) is 11.2. The average molecular weight is 309 g/mol. The van der Waals surface area contributed by atoms with Gasteiger partial charge >= 0.3 is 5.97 Å². The van der Waals surface area contributed by atoms with Crippen molar-refractivity contribution in [3.63, 3.8) is 0 Å². The molecular weight excluding hydrogens is 294 g/mol. The maximum absolute atomic E-state index is 11.6. The summed E-state index contributed by atoms with van der Waals surface area (Å²) in [7, 11) is 1.35. The van der Waals surface area contributed by atoms with Crippen LogP contribution in [0.2, 0.25) is 0 Å². The lowest BCUT2D eigenvalue weighted by atomic mass is 10.1. The Morgan fingerprint density at radius 1 is 1.22 bits per heavy atom. The van der Waals surface area contributed by atoms with Crippen molar-refractivity contribution in [3.05, 3.63) is 60.0 Å². The lowest BCUT2D eigenvalue weighted by Gasteiger charge is -2.08. The van der Waals surface area contributed by atoms with Gasteiger partial charge in [0.05, 0.1) is 18.9 Å². The topological polar surface area (TPSA) is 77.2 Å². The molecule has 1 N–H and O–H groups in total. The summed E-state index contributed by atoms with van der Waals surface area (Å²) in [6.45, 7) is 1.93. The van der Waals surface area contributed by atoms with Gasteiger partial charge in [0.2, 0.25) is 0 Å². The molecule has 0 bridgehead atoms. The Balaban J connectivity index is 1.85. The number of rotatable bonds is 4. The highest BCUT2D eigenvalue weighted by molar-refractivity contribution is 5.91. The van der Waals surface area contributed by atoms with Gasteiger partial charge in [-0.25, -0.2) is 9.78 Å². The summed E-state index contributed by atoms with van der Waals surface area (Å²) >= 11 is 0. The van der Waals surface area contributed by atoms with Gasteiger partial charge in [-0.2, -0.15) is 0 Å². The van der Waals surface area contributed by atoms with E-state index in [1.165, 1.54) is 7.11 Å². The van der Waals surface area contributed by atoms with E-state index in [0.29, 0.717) is 17.3 Å². The molecule has 0 unspecified atom stereocenters. The molecule has 0 aliphatic rings. The predicted octanol–water partition coefficient (Wildman–Crippen LogP) is 3.58. The Labute approximate surface area is 133 Å². The number of hydrogen-bond donors (Lipinski definition) is 1. The van der Waals surface area contributed by atoms with Gasteiger partial charge in [0.15, 0.2) is 5.76 Å². The molecule has 0 aliphatic heterocycles. The molecule has 0 atom stereocenters. The molecule has 0 fully saturated rings. The van der Waals surface area contributed by atoms with Crippen LogP contribution in [0.5, 0.6) is 0 Å². The molecule has 6 nitrogen and oxygen atoms in total. The number of esters is 1. The van der Waals surface area contributed by atoms with Gasteiger partial charge in [0.25, 0.3) is 6.01 Å². The molecule has 0 amide bonds. The van der Waals surface area contributed by atoms with Crippen molar-refractivity contribution in [2.75, 3.05) is 12.4 Å². The van der Waals surface area contributed by atoms with Gasteiger partial charge in [-0.15, -0.1) is 0 Å². The zero-order valence-corrected chi connectivity index (χ0v) is 12.7. The van der Waals surface area contributed by atoms with E-state index in [9.17, 15) is 4.79 Å². The number of pyridine rings is 1. The number of carbonyl (C=O) groups is 1. The van der Waals surface area contributed by atoms with Crippen LogP contribution in [0.15, 0.2) is 53.3 Å². The number of aryl methyl sites for hydroxylation is 1. The third-order valence-electron chi connectivity index (χ3n) is 3.37. The summed E-state index contributed by atoms with van der Waals surface area (Å²) in [6.07, 6.45) is 5.01. The maximum Gasteiger partial charge on any atom is 0.337 e. The number of aromatic nitrogens is 2. The number of oxazole rings is 1. The fraction of sp³-hybridized carbons (Fsp3) is 0.118. The fourth-order valence-electron chi connectivity index (χ4n) is 2.10. The maximum atomic E-state index is 11.6. The minimum atomic E-state index is -0.391. The minimum absolute atomic E-state index is 0.349. The average Bonchev–Trinajstić information content (AvgIpc) is 3.05. The monoisotopic (exact) mass is 309 g/mol. The quantitative estimate of drug-likeness (QED) is 0.742. The molecule has 2 aromatic heterocycles. The molecule has 0 saturated heterocycles. The van der Waals surface area contributed by atoms with Crippen molar-refractivity contribution in [3.8, 4) is 11.3 Å². The molecule has 0 spiro atoms. The van der Waals surface area contributed by atoms with E-state index in [1.54, 1.807) is 30.7 Å². The summed E-state index contributed by atoms with van der Waals surface area (Å²) in [5.41, 5.74) is 3.04. The van der Waals surface area contributed by atoms with Crippen molar-refractivity contribution in [2.45, 2.75) is 6.92 Å². The van der Waals surface area contributed by atoms with Crippen LogP contribution in [0.4, 0.5) is 11.7 Å². The van der Waals surface area contributed by atoms with Crippen molar-refractivity contribution in [2.24, 2.45) is 0 Å². The lowest BCUT2D eigenvalue weighted by molar-refractivity contribution is 0.0601. The molecule has 116 valence electrons. The first-order valence-electron chi connectivity index (χ1n) is 6.99. The van der Waals surface area contributed by atoms with E-state index in [4.69, 9.17) is 9.15 Å². The normalized spacial score (nSPS) is 10.3. The van der Waals surface area contributed by atoms with Crippen molar-refractivity contribution in [1.82, 2.24) is 9.97 Å². The number of carbonyl (C=O) groups excluding carboxylic acids is 1. The minimum Gasteiger partial charge on any atom is -0.465 e. The van der Waals surface area contributed by atoms with Crippen LogP contribution in [0.1, 0.15) is 15.9 Å². The highest BCUT2D eigenvalue weighted by atomic mass is 16.5. The molecule has 23 heavy (non-hydrogen) atoms. The van der Waals surface area contributed by atoms with E-state index in [1.807, 2.05) is 25.1 Å². The second-order valence-electron chi connectivity index (χ2n) is 4.91. The van der Waals surface area contributed by atoms with Gasteiger partial charge in [-0.1, -0.05) is 6.07 Å². The fourth-order valence-corrected chi connectivity index (χ4v) is 2.10. The second kappa shape index (κ2) is 6.31. The van der Waals surface area contributed by atoms with E-state index in [0.717, 1.165) is 16.8 Å². The first-order valence-corrected chi connectivity index (χ1v) is 6.99. The van der Waals surface area contributed by atoms with Gasteiger partial charge in [-0.3, -0.25) is 4.98 Å². The third-order valence-corrected chi connectivity index (χ3v) is 3.37. The number of nitrogens with zero attached hydrogens (tertiary/aromatic N) is 2. The number of benzene rings is 1. The molecule has 1 aromatic carbocycles. The van der Waals surface area contributed by atoms with Gasteiger partial charge < -0.3 is 14.5 Å². The zero-order valence-electron chi connectivity index (χ0n) is 12.7. The van der Waals surface area contributed by atoms with Crippen LogP contribution in [0.3, 0.4) is 0 Å². The third kappa shape index (κ3) is 3.21. The van der Waals surface area contributed by atoms with Gasteiger partial charge in [0, 0.05) is 23.6 Å². The standard InChI is InChI=1S/C17H15N3O3/c1-11-3-4-13(16(21)22-2)9-14(11)20-17-19-10-15(23-17)12-5-7-18-8-6-12/h3-10H,1-2H3,(H,19,20). The van der Waals surface area contributed by atoms with Crippen molar-refractivity contribution in [1.29, 1.82) is 0 Å². The second-order valence-corrected chi connectivity index (χ2v) is 4.91. The molecule has 0 saturated carbocycles. The Kier molecular flexibility index (Phi) is 4.05. The summed E-state index contributed by atoms with van der Waals surface area (Å²) < 4.78 is 10.4. The number of hydrogen-bond acceptors (Lipinski definition) is 6. The summed E-state index contributed by atoms with van der Waals surface area (Å²) in [5.74, 6) is 0.245. The van der Waals surface area contributed by atoms with Crippen LogP contribution in [-0.2, 0) is 4.74 Å². The molecular formula is C17H15N3O3. The molecule has 3 aromatic rings. The van der Waals surface area contributed by atoms with Crippen molar-refractivity contribution < 1.29 is 13.9 Å². The SMILES string of the molecule is COC(=O)c1ccc(C)c(Nc2ncc(-c3ccncc3)o2)c1. The highest BCUT2D eigenvalue weighted by Gasteiger charge is 2.11. The zero-order chi connectivity index (χ0) is 16.2. The van der Waals surface area contributed by atoms with Crippen molar-refractivity contribution >= 4 is 17.7 Å². The summed E-state index contributed by atoms with van der Waals surface area (Å²) in [5, 5.41) is 3.08. The molecule has 0 aliphatic carbocycles. The van der Waals surface area contributed by atoms with Crippen LogP contribution in [0, 0.1) is 6.92 Å². The smallest absolute Gasteiger partial charge is 0.337 e. The summed E-state index contributed by atoms with van der Waals surface area (Å²) in [4.78, 5) is 19.8. The number of anilines is 2. The molecule has 2 heterocycles. The van der Waals surface area contributed by atoms with E-state index < -0.39 is 5.97 Å². The Hall–Kier alpha value is -3.15. The number of methoxy groups -OCH3 is 1. The van der Waals surface area contributed by atoms with Crippen LogP contribution in [0.25, 0.3) is 11.3 Å². The Bertz CT molecular complexity index is 828. The van der Waals surface area contributed by atoms with Crippen LogP contribution >= 0.6 is 0 Å². The molecule has 6 heteroatoms. The number of ether oxygens (including phenoxy) is 1.